The standard InChI is InChI=1S/CCl4.ClH/c2-1(3,4)5;/h;1H. The lowest BCUT2D eigenvalue weighted by atomic mass is 11.8. The largest absolute Gasteiger partial charge is 1.00 e. The third-order valence-corrected chi connectivity index (χ3v) is 0. The monoisotopic (exact) mass is 188 g/mol. The van der Waals surface area contributed by atoms with Crippen molar-refractivity contribution in [2.45, 2.75) is 3.25 Å². The summed E-state index contributed by atoms with van der Waals surface area (Å²) >= 11 is 19.3. The smallest absolute Gasteiger partial charge is 1.00 e. The molecule has 0 fully saturated rings. The Kier molecular flexibility index (Phi) is 6.00. The minimum Gasteiger partial charge on any atom is -1.00 e. The summed E-state index contributed by atoms with van der Waals surface area (Å²) in [5, 5.41) is 0. The summed E-state index contributed by atoms with van der Waals surface area (Å²) in [4.78, 5) is 0. The number of hydrogen-bond acceptors (Lipinski definition) is 0. The fourth-order valence-corrected chi connectivity index (χ4v) is 0. The van der Waals surface area contributed by atoms with E-state index in [0.29, 0.717) is 0 Å². The first kappa shape index (κ1) is 10.4. The molecule has 0 spiro atoms. The van der Waals surface area contributed by atoms with Crippen LogP contribution in [0.1, 0.15) is 1.43 Å². The number of rotatable bonds is 0. The Balaban J connectivity index is -0.0000000800. The fourth-order valence-electron chi connectivity index (χ4n) is 0. The van der Waals surface area contributed by atoms with Crippen LogP contribution in [-0.2, 0) is 0 Å². The van der Waals surface area contributed by atoms with Crippen LogP contribution in [-0.4, -0.2) is 3.25 Å². The van der Waals surface area contributed by atoms with Crippen molar-refractivity contribution in [3.05, 3.63) is 0 Å². The van der Waals surface area contributed by atoms with E-state index in [-0.39, 0.29) is 13.8 Å². The maximum Gasteiger partial charge on any atom is 1.00 e. The van der Waals surface area contributed by atoms with E-state index in [2.05, 4.69) is 0 Å². The van der Waals surface area contributed by atoms with E-state index in [0.717, 1.165) is 0 Å². The van der Waals surface area contributed by atoms with Crippen molar-refractivity contribution in [2.24, 2.45) is 0 Å². The fraction of sp³-hybridized carbons (Fsp3) is 1.00. The van der Waals surface area contributed by atoms with Crippen LogP contribution in [0.25, 0.3) is 0 Å². The molecule has 0 bridgehead atoms. The Morgan fingerprint density at radius 2 is 1.00 bits per heavy atom. The quantitative estimate of drug-likeness (QED) is 0.459. The first-order valence-corrected chi connectivity index (χ1v) is 2.27. The second kappa shape index (κ2) is 3.45. The molecular weight excluding hydrogens is 189 g/mol. The van der Waals surface area contributed by atoms with Gasteiger partial charge in [-0.25, -0.2) is 0 Å². The highest BCUT2D eigenvalue weighted by Crippen LogP contribution is 2.29. The highest BCUT2D eigenvalue weighted by molar-refractivity contribution is 6.83. The van der Waals surface area contributed by atoms with Crippen LogP contribution in [0.2, 0.25) is 0 Å². The minimum atomic E-state index is -1.61. The predicted molar refractivity (Wildman–Crippen MR) is 27.3 cm³/mol. The van der Waals surface area contributed by atoms with Gasteiger partial charge in [0.25, 0.3) is 3.25 Å². The Morgan fingerprint density at radius 1 is 1.00 bits per heavy atom. The van der Waals surface area contributed by atoms with Crippen molar-refractivity contribution in [1.82, 2.24) is 0 Å². The van der Waals surface area contributed by atoms with Gasteiger partial charge in [-0.1, -0.05) is 46.4 Å². The molecule has 0 aliphatic rings. The van der Waals surface area contributed by atoms with Crippen LogP contribution in [0.4, 0.5) is 0 Å². The summed E-state index contributed by atoms with van der Waals surface area (Å²) in [5.74, 6) is 0. The van der Waals surface area contributed by atoms with Crippen LogP contribution >= 0.6 is 46.4 Å². The average Bonchev–Trinajstić information content (AvgIpc) is 0.722. The maximum atomic E-state index is 4.83. The molecule has 0 aliphatic carbocycles. The van der Waals surface area contributed by atoms with Crippen LogP contribution in [0.3, 0.4) is 0 Å². The van der Waals surface area contributed by atoms with Crippen molar-refractivity contribution in [3.8, 4) is 0 Å². The van der Waals surface area contributed by atoms with E-state index in [1.165, 1.54) is 0 Å². The molecule has 0 atom stereocenters. The summed E-state index contributed by atoms with van der Waals surface area (Å²) in [5.41, 5.74) is 0. The first-order chi connectivity index (χ1) is 2.00. The summed E-state index contributed by atoms with van der Waals surface area (Å²) in [6, 6.07) is 0. The second-order valence-corrected chi connectivity index (χ2v) is 3.86. The molecule has 0 radical (unpaired) electrons. The van der Waals surface area contributed by atoms with E-state index in [4.69, 9.17) is 46.4 Å². The van der Waals surface area contributed by atoms with E-state index >= 15 is 0 Å². The second-order valence-electron chi connectivity index (χ2n) is 0.429. The van der Waals surface area contributed by atoms with Gasteiger partial charge < -0.3 is 12.4 Å². The molecule has 0 aromatic rings. The molecule has 0 aliphatic heterocycles. The Labute approximate surface area is 63.6 Å². The molecule has 0 heterocycles. The molecule has 6 heavy (non-hydrogen) atoms. The van der Waals surface area contributed by atoms with Crippen molar-refractivity contribution in [3.63, 3.8) is 0 Å². The molecule has 0 saturated heterocycles. The van der Waals surface area contributed by atoms with Crippen molar-refractivity contribution in [1.29, 1.82) is 0 Å². The third kappa shape index (κ3) is 51.3. The zero-order valence-electron chi connectivity index (χ0n) is 3.39. The van der Waals surface area contributed by atoms with Crippen LogP contribution < -0.4 is 12.4 Å². The molecule has 0 saturated carbocycles. The normalized spacial score (nSPS) is 10.0. The molecule has 0 rings (SSSR count). The van der Waals surface area contributed by atoms with Gasteiger partial charge in [0.05, 0.1) is 0 Å². The van der Waals surface area contributed by atoms with Gasteiger partial charge >= 0.3 is 1.43 Å². The molecule has 0 amide bonds. The number of alkyl halides is 4. The van der Waals surface area contributed by atoms with Gasteiger partial charge in [0.1, 0.15) is 0 Å². The number of halogens is 5. The third-order valence-electron chi connectivity index (χ3n) is 0. The van der Waals surface area contributed by atoms with Gasteiger partial charge in [-0.05, 0) is 0 Å². The van der Waals surface area contributed by atoms with Crippen LogP contribution in [0, 0.1) is 0 Å². The highest BCUT2D eigenvalue weighted by Gasteiger charge is 2.11. The summed E-state index contributed by atoms with van der Waals surface area (Å²) < 4.78 is -1.61. The zero-order chi connectivity index (χ0) is 4.50. The van der Waals surface area contributed by atoms with Gasteiger partial charge in [0.2, 0.25) is 0 Å². The molecule has 0 N–H and O–H groups in total. The van der Waals surface area contributed by atoms with E-state index in [1.807, 2.05) is 0 Å². The molecular formula is CHCl5. The maximum absolute atomic E-state index is 4.83. The Morgan fingerprint density at radius 3 is 1.00 bits per heavy atom. The van der Waals surface area contributed by atoms with Crippen LogP contribution in [0.5, 0.6) is 0 Å². The Hall–Kier alpha value is 1.45. The molecule has 0 unspecified atom stereocenters. The van der Waals surface area contributed by atoms with Crippen molar-refractivity contribution < 1.29 is 13.8 Å². The zero-order valence-corrected chi connectivity index (χ0v) is 6.17. The van der Waals surface area contributed by atoms with Gasteiger partial charge in [-0.3, -0.25) is 0 Å². The van der Waals surface area contributed by atoms with Gasteiger partial charge in [0.15, 0.2) is 0 Å². The molecule has 0 aromatic heterocycles. The molecule has 0 aromatic carbocycles. The highest BCUT2D eigenvalue weighted by atomic mass is 35.6. The lowest BCUT2D eigenvalue weighted by molar-refractivity contribution is -0.000000732. The Bertz CT molecular complexity index is 23.6. The summed E-state index contributed by atoms with van der Waals surface area (Å²) in [7, 11) is 0. The number of hydrogen-bond donors (Lipinski definition) is 0. The summed E-state index contributed by atoms with van der Waals surface area (Å²) in [6.45, 7) is 0. The first-order valence-electron chi connectivity index (χ1n) is 0.756. The van der Waals surface area contributed by atoms with E-state index in [9.17, 15) is 0 Å². The van der Waals surface area contributed by atoms with Crippen LogP contribution in [0.15, 0.2) is 0 Å². The lowest BCUT2D eigenvalue weighted by Gasteiger charge is -1.91. The van der Waals surface area contributed by atoms with E-state index < -0.39 is 3.25 Å². The SMILES string of the molecule is ClC(Cl)(Cl)Cl.[Cl-].[H+]. The van der Waals surface area contributed by atoms with Crippen molar-refractivity contribution >= 4 is 46.4 Å². The van der Waals surface area contributed by atoms with Crippen molar-refractivity contribution in [2.75, 3.05) is 0 Å². The minimum absolute atomic E-state index is 0. The summed E-state index contributed by atoms with van der Waals surface area (Å²) in [6.07, 6.45) is 0. The average molecular weight is 190 g/mol. The molecule has 5 heteroatoms. The topological polar surface area (TPSA) is 0 Å². The van der Waals surface area contributed by atoms with Gasteiger partial charge in [-0.15, -0.1) is 0 Å². The lowest BCUT2D eigenvalue weighted by Crippen LogP contribution is -3.00. The van der Waals surface area contributed by atoms with E-state index in [1.54, 1.807) is 0 Å². The molecule has 0 nitrogen and oxygen atoms in total. The van der Waals surface area contributed by atoms with Gasteiger partial charge in [0, 0.05) is 0 Å². The molecule has 40 valence electrons. The van der Waals surface area contributed by atoms with Gasteiger partial charge in [-0.2, -0.15) is 0 Å². The predicted octanol–water partition coefficient (Wildman–Crippen LogP) is -0.331.